The summed E-state index contributed by atoms with van der Waals surface area (Å²) in [5, 5.41) is 15.3. The predicted octanol–water partition coefficient (Wildman–Crippen LogP) is 5.18. The number of hydrogen-bond donors (Lipinski definition) is 2. The predicted molar refractivity (Wildman–Crippen MR) is 130 cm³/mol. The summed E-state index contributed by atoms with van der Waals surface area (Å²) in [5.41, 5.74) is 3.04. The minimum Gasteiger partial charge on any atom is -0.344 e. The molecule has 2 amide bonds. The van der Waals surface area contributed by atoms with Gasteiger partial charge >= 0.3 is 0 Å². The molecule has 0 saturated heterocycles. The van der Waals surface area contributed by atoms with Crippen molar-refractivity contribution in [2.45, 2.75) is 52.5 Å². The Morgan fingerprint density at radius 3 is 2.38 bits per heavy atom. The van der Waals surface area contributed by atoms with Crippen molar-refractivity contribution in [2.24, 2.45) is 5.92 Å². The summed E-state index contributed by atoms with van der Waals surface area (Å²) in [4.78, 5) is 26.2. The van der Waals surface area contributed by atoms with E-state index in [1.807, 2.05) is 82.3 Å². The molecule has 3 atom stereocenters. The lowest BCUT2D eigenvalue weighted by atomic mass is 9.93. The number of aryl methyl sites for hydroxylation is 1. The molecular formula is C25H30N4O2S. The van der Waals surface area contributed by atoms with Gasteiger partial charge in [-0.1, -0.05) is 92.6 Å². The SMILES string of the molecule is CCC(C(=O)NC(C(=O)Nc1nnc(-c2cccc(C)c2)s1)C(C)CC)c1ccccc1. The maximum Gasteiger partial charge on any atom is 0.249 e. The molecule has 0 saturated carbocycles. The summed E-state index contributed by atoms with van der Waals surface area (Å²) in [7, 11) is 0. The average Bonchev–Trinajstić information content (AvgIpc) is 3.26. The lowest BCUT2D eigenvalue weighted by Crippen LogP contribution is -2.49. The van der Waals surface area contributed by atoms with E-state index >= 15 is 0 Å². The van der Waals surface area contributed by atoms with Gasteiger partial charge in [-0.3, -0.25) is 14.9 Å². The van der Waals surface area contributed by atoms with E-state index in [2.05, 4.69) is 20.8 Å². The number of carbonyl (C=O) groups is 2. The molecule has 0 aliphatic rings. The first-order chi connectivity index (χ1) is 15.4. The topological polar surface area (TPSA) is 84.0 Å². The second-order valence-electron chi connectivity index (χ2n) is 8.01. The monoisotopic (exact) mass is 450 g/mol. The lowest BCUT2D eigenvalue weighted by Gasteiger charge is -2.25. The smallest absolute Gasteiger partial charge is 0.249 e. The van der Waals surface area contributed by atoms with E-state index in [-0.39, 0.29) is 23.7 Å². The molecule has 168 valence electrons. The van der Waals surface area contributed by atoms with Crippen molar-refractivity contribution >= 4 is 28.3 Å². The van der Waals surface area contributed by atoms with Crippen LogP contribution in [0.1, 0.15) is 50.7 Å². The standard InChI is InChI=1S/C25H30N4O2S/c1-5-17(4)21(26-22(30)20(6-2)18-12-8-7-9-13-18)23(31)27-25-29-28-24(32-25)19-14-10-11-16(3)15-19/h7-15,17,20-21H,5-6H2,1-4H3,(H,26,30)(H,27,29,31). The van der Waals surface area contributed by atoms with Crippen LogP contribution in [0.5, 0.6) is 0 Å². The number of nitrogens with zero attached hydrogens (tertiary/aromatic N) is 2. The molecule has 0 bridgehead atoms. The van der Waals surface area contributed by atoms with Crippen molar-refractivity contribution in [3.05, 3.63) is 65.7 Å². The Balaban J connectivity index is 1.73. The van der Waals surface area contributed by atoms with E-state index in [1.165, 1.54) is 11.3 Å². The van der Waals surface area contributed by atoms with Crippen LogP contribution in [-0.4, -0.2) is 28.1 Å². The zero-order valence-corrected chi connectivity index (χ0v) is 19.8. The van der Waals surface area contributed by atoms with Crippen molar-refractivity contribution in [2.75, 3.05) is 5.32 Å². The summed E-state index contributed by atoms with van der Waals surface area (Å²) < 4.78 is 0. The first-order valence-corrected chi connectivity index (χ1v) is 11.8. The molecule has 2 aromatic carbocycles. The van der Waals surface area contributed by atoms with E-state index in [0.717, 1.165) is 28.1 Å². The van der Waals surface area contributed by atoms with Gasteiger partial charge in [0, 0.05) is 5.56 Å². The number of aromatic nitrogens is 2. The first-order valence-electron chi connectivity index (χ1n) is 11.0. The minimum atomic E-state index is -0.656. The fourth-order valence-electron chi connectivity index (χ4n) is 3.57. The lowest BCUT2D eigenvalue weighted by molar-refractivity contribution is -0.128. The number of rotatable bonds is 9. The van der Waals surface area contributed by atoms with Crippen LogP contribution in [0.25, 0.3) is 10.6 Å². The number of benzene rings is 2. The summed E-state index contributed by atoms with van der Waals surface area (Å²) in [6, 6.07) is 17.0. The highest BCUT2D eigenvalue weighted by atomic mass is 32.1. The summed E-state index contributed by atoms with van der Waals surface area (Å²) in [6.45, 7) is 7.97. The first kappa shape index (κ1) is 23.6. The minimum absolute atomic E-state index is 0.0311. The third kappa shape index (κ3) is 5.79. The zero-order valence-electron chi connectivity index (χ0n) is 19.0. The van der Waals surface area contributed by atoms with Crippen LogP contribution in [-0.2, 0) is 9.59 Å². The van der Waals surface area contributed by atoms with Gasteiger partial charge in [-0.15, -0.1) is 10.2 Å². The van der Waals surface area contributed by atoms with Gasteiger partial charge < -0.3 is 5.32 Å². The van der Waals surface area contributed by atoms with Gasteiger partial charge in [-0.05, 0) is 30.9 Å². The van der Waals surface area contributed by atoms with Gasteiger partial charge in [-0.25, -0.2) is 0 Å². The zero-order chi connectivity index (χ0) is 23.1. The Morgan fingerprint density at radius 1 is 0.969 bits per heavy atom. The van der Waals surface area contributed by atoms with Crippen LogP contribution in [0.3, 0.4) is 0 Å². The highest BCUT2D eigenvalue weighted by Crippen LogP contribution is 2.27. The molecule has 0 fully saturated rings. The summed E-state index contributed by atoms with van der Waals surface area (Å²) >= 11 is 1.32. The van der Waals surface area contributed by atoms with E-state index < -0.39 is 6.04 Å². The van der Waals surface area contributed by atoms with Gasteiger partial charge in [0.05, 0.1) is 5.92 Å². The Labute approximate surface area is 193 Å². The van der Waals surface area contributed by atoms with Crippen molar-refractivity contribution in [3.8, 4) is 10.6 Å². The van der Waals surface area contributed by atoms with E-state index in [0.29, 0.717) is 11.6 Å². The second kappa shape index (κ2) is 11.0. The maximum atomic E-state index is 13.1. The molecule has 3 unspecified atom stereocenters. The van der Waals surface area contributed by atoms with E-state index in [1.54, 1.807) is 0 Å². The number of carbonyl (C=O) groups excluding carboxylic acids is 2. The highest BCUT2D eigenvalue weighted by Gasteiger charge is 2.29. The largest absolute Gasteiger partial charge is 0.344 e. The maximum absolute atomic E-state index is 13.1. The van der Waals surface area contributed by atoms with Crippen molar-refractivity contribution in [3.63, 3.8) is 0 Å². The third-order valence-corrected chi connectivity index (χ3v) is 6.53. The summed E-state index contributed by atoms with van der Waals surface area (Å²) in [5.74, 6) is -0.749. The van der Waals surface area contributed by atoms with Crippen molar-refractivity contribution < 1.29 is 9.59 Å². The number of anilines is 1. The molecule has 3 aromatic rings. The fourth-order valence-corrected chi connectivity index (χ4v) is 4.31. The van der Waals surface area contributed by atoms with Crippen LogP contribution in [0, 0.1) is 12.8 Å². The number of nitrogens with one attached hydrogen (secondary N) is 2. The van der Waals surface area contributed by atoms with Crippen LogP contribution in [0.15, 0.2) is 54.6 Å². The Bertz CT molecular complexity index is 1050. The molecular weight excluding hydrogens is 420 g/mol. The normalized spacial score (nSPS) is 13.8. The van der Waals surface area contributed by atoms with Gasteiger partial charge in [0.1, 0.15) is 11.0 Å². The Hall–Kier alpha value is -3.06. The van der Waals surface area contributed by atoms with E-state index in [4.69, 9.17) is 0 Å². The van der Waals surface area contributed by atoms with E-state index in [9.17, 15) is 9.59 Å². The highest BCUT2D eigenvalue weighted by molar-refractivity contribution is 7.18. The molecule has 32 heavy (non-hydrogen) atoms. The van der Waals surface area contributed by atoms with Crippen molar-refractivity contribution in [1.29, 1.82) is 0 Å². The van der Waals surface area contributed by atoms with Crippen LogP contribution in [0.4, 0.5) is 5.13 Å². The molecule has 0 radical (unpaired) electrons. The Kier molecular flexibility index (Phi) is 8.11. The third-order valence-electron chi connectivity index (χ3n) is 5.64. The van der Waals surface area contributed by atoms with Crippen LogP contribution in [0.2, 0.25) is 0 Å². The van der Waals surface area contributed by atoms with Crippen molar-refractivity contribution in [1.82, 2.24) is 15.5 Å². The van der Waals surface area contributed by atoms with Gasteiger partial charge in [-0.2, -0.15) is 0 Å². The molecule has 1 heterocycles. The number of amides is 2. The van der Waals surface area contributed by atoms with Gasteiger partial charge in [0.2, 0.25) is 16.9 Å². The van der Waals surface area contributed by atoms with Gasteiger partial charge in [0.25, 0.3) is 0 Å². The quantitative estimate of drug-likeness (QED) is 0.471. The van der Waals surface area contributed by atoms with Gasteiger partial charge in [0.15, 0.2) is 0 Å². The second-order valence-corrected chi connectivity index (χ2v) is 8.99. The Morgan fingerprint density at radius 2 is 1.72 bits per heavy atom. The average molecular weight is 451 g/mol. The van der Waals surface area contributed by atoms with Crippen LogP contribution >= 0.6 is 11.3 Å². The molecule has 2 N–H and O–H groups in total. The van der Waals surface area contributed by atoms with Crippen LogP contribution < -0.4 is 10.6 Å². The molecule has 0 spiro atoms. The molecule has 3 rings (SSSR count). The molecule has 7 heteroatoms. The number of hydrogen-bond acceptors (Lipinski definition) is 5. The summed E-state index contributed by atoms with van der Waals surface area (Å²) in [6.07, 6.45) is 1.41. The molecule has 1 aromatic heterocycles. The molecule has 6 nitrogen and oxygen atoms in total. The molecule has 0 aliphatic carbocycles. The molecule has 0 aliphatic heterocycles. The fraction of sp³-hybridized carbons (Fsp3) is 0.360.